The monoisotopic (exact) mass is 364 g/mol. The third-order valence-corrected chi connectivity index (χ3v) is 7.40. The zero-order valence-electron chi connectivity index (χ0n) is 15.2. The van der Waals surface area contributed by atoms with Gasteiger partial charge >= 0.3 is 8.80 Å². The van der Waals surface area contributed by atoms with Crippen molar-refractivity contribution in [3.05, 3.63) is 91.0 Å². The first-order chi connectivity index (χ1) is 12.7. The highest BCUT2D eigenvalue weighted by molar-refractivity contribution is 6.64. The Kier molecular flexibility index (Phi) is 5.97. The lowest BCUT2D eigenvalue weighted by Gasteiger charge is -2.34. The Morgan fingerprint density at radius 2 is 0.923 bits per heavy atom. The summed E-state index contributed by atoms with van der Waals surface area (Å²) in [6.45, 7) is 4.25. The van der Waals surface area contributed by atoms with Gasteiger partial charge in [0, 0.05) is 0 Å². The Morgan fingerprint density at radius 3 is 1.19 bits per heavy atom. The minimum Gasteiger partial charge on any atom is -0.483 e. The molecule has 0 N–H and O–H groups in total. The average Bonchev–Trinajstić information content (AvgIpc) is 2.69. The second-order valence-corrected chi connectivity index (χ2v) is 8.96. The summed E-state index contributed by atoms with van der Waals surface area (Å²) in [5.41, 5.74) is 0.114. The molecule has 3 nitrogen and oxygen atoms in total. The number of hydrogen-bond acceptors (Lipinski definition) is 3. The molecule has 0 aromatic heterocycles. The van der Waals surface area contributed by atoms with Crippen LogP contribution in [-0.2, 0) is 0 Å². The average molecular weight is 365 g/mol. The van der Waals surface area contributed by atoms with E-state index in [9.17, 15) is 0 Å². The summed E-state index contributed by atoms with van der Waals surface area (Å²) in [7, 11) is -3.12. The Hall–Kier alpha value is -2.72. The quantitative estimate of drug-likeness (QED) is 0.461. The van der Waals surface area contributed by atoms with Crippen LogP contribution in [0.1, 0.15) is 20.3 Å². The van der Waals surface area contributed by atoms with Crippen LogP contribution < -0.4 is 13.3 Å². The predicted molar refractivity (Wildman–Crippen MR) is 107 cm³/mol. The minimum absolute atomic E-state index is 0.114. The first-order valence-electron chi connectivity index (χ1n) is 8.94. The number of benzene rings is 3. The van der Waals surface area contributed by atoms with Crippen LogP contribution in [-0.4, -0.2) is 8.80 Å². The summed E-state index contributed by atoms with van der Waals surface area (Å²) in [5, 5.41) is 0. The van der Waals surface area contributed by atoms with E-state index in [1.807, 2.05) is 91.0 Å². The zero-order chi connectivity index (χ0) is 18.2. The van der Waals surface area contributed by atoms with Crippen molar-refractivity contribution in [3.63, 3.8) is 0 Å². The van der Waals surface area contributed by atoms with Gasteiger partial charge in [-0.1, -0.05) is 68.4 Å². The summed E-state index contributed by atoms with van der Waals surface area (Å²) >= 11 is 0. The van der Waals surface area contributed by atoms with Gasteiger partial charge in [-0.2, -0.15) is 0 Å². The third kappa shape index (κ3) is 4.46. The van der Waals surface area contributed by atoms with Gasteiger partial charge in [0.05, 0.1) is 5.54 Å². The fourth-order valence-corrected chi connectivity index (χ4v) is 5.20. The summed E-state index contributed by atoms with van der Waals surface area (Å²) in [6.07, 6.45) is 0.888. The van der Waals surface area contributed by atoms with Crippen molar-refractivity contribution in [2.45, 2.75) is 25.8 Å². The van der Waals surface area contributed by atoms with Crippen LogP contribution in [0, 0.1) is 0 Å². The van der Waals surface area contributed by atoms with Crippen LogP contribution in [0.5, 0.6) is 17.2 Å². The first kappa shape index (κ1) is 18.1. The standard InChI is InChI=1S/C22H24O3Si/c1-3-19(2)26(23-20-13-7-4-8-14-20,24-21-15-9-5-10-16-21)25-22-17-11-6-12-18-22/h4-19H,3H2,1-2H3. The van der Waals surface area contributed by atoms with Gasteiger partial charge in [-0.05, 0) is 42.8 Å². The molecule has 1 unspecified atom stereocenters. The van der Waals surface area contributed by atoms with Gasteiger partial charge in [0.25, 0.3) is 0 Å². The van der Waals surface area contributed by atoms with E-state index in [-0.39, 0.29) is 5.54 Å². The maximum Gasteiger partial charge on any atom is 0.702 e. The maximum absolute atomic E-state index is 6.46. The van der Waals surface area contributed by atoms with Crippen LogP contribution in [0.4, 0.5) is 0 Å². The molecular weight excluding hydrogens is 340 g/mol. The highest BCUT2D eigenvalue weighted by Gasteiger charge is 2.54. The lowest BCUT2D eigenvalue weighted by atomic mass is 10.3. The summed E-state index contributed by atoms with van der Waals surface area (Å²) < 4.78 is 19.4. The molecule has 0 aliphatic carbocycles. The van der Waals surface area contributed by atoms with Crippen molar-refractivity contribution in [3.8, 4) is 17.2 Å². The lowest BCUT2D eigenvalue weighted by molar-refractivity contribution is 0.244. The molecule has 3 aromatic rings. The molecule has 3 aromatic carbocycles. The largest absolute Gasteiger partial charge is 0.702 e. The molecule has 3 rings (SSSR count). The van der Waals surface area contributed by atoms with E-state index in [1.54, 1.807) is 0 Å². The van der Waals surface area contributed by atoms with E-state index in [0.29, 0.717) is 0 Å². The van der Waals surface area contributed by atoms with Gasteiger partial charge in [0.15, 0.2) is 0 Å². The summed E-state index contributed by atoms with van der Waals surface area (Å²) in [6, 6.07) is 29.3. The number of hydrogen-bond donors (Lipinski definition) is 0. The Bertz CT molecular complexity index is 677. The molecule has 0 spiro atoms. The Labute approximate surface area is 156 Å². The highest BCUT2D eigenvalue weighted by Crippen LogP contribution is 2.33. The molecule has 0 aliphatic rings. The molecule has 1 atom stereocenters. The van der Waals surface area contributed by atoms with Crippen LogP contribution in [0.25, 0.3) is 0 Å². The van der Waals surface area contributed by atoms with E-state index in [0.717, 1.165) is 23.7 Å². The van der Waals surface area contributed by atoms with Crippen LogP contribution in [0.3, 0.4) is 0 Å². The van der Waals surface area contributed by atoms with Gasteiger partial charge in [-0.15, -0.1) is 0 Å². The third-order valence-electron chi connectivity index (χ3n) is 4.23. The van der Waals surface area contributed by atoms with E-state index < -0.39 is 8.80 Å². The van der Waals surface area contributed by atoms with Crippen molar-refractivity contribution in [2.75, 3.05) is 0 Å². The molecule has 26 heavy (non-hydrogen) atoms. The van der Waals surface area contributed by atoms with Gasteiger partial charge in [-0.25, -0.2) is 0 Å². The zero-order valence-corrected chi connectivity index (χ0v) is 16.2. The predicted octanol–water partition coefficient (Wildman–Crippen LogP) is 5.96. The smallest absolute Gasteiger partial charge is 0.483 e. The normalized spacial score (nSPS) is 12.2. The molecule has 0 saturated heterocycles. The second kappa shape index (κ2) is 8.58. The molecule has 0 heterocycles. The van der Waals surface area contributed by atoms with Gasteiger partial charge in [-0.3, -0.25) is 0 Å². The summed E-state index contributed by atoms with van der Waals surface area (Å²) in [4.78, 5) is 0. The van der Waals surface area contributed by atoms with Crippen molar-refractivity contribution < 1.29 is 13.3 Å². The van der Waals surface area contributed by atoms with Crippen molar-refractivity contribution in [1.29, 1.82) is 0 Å². The molecular formula is C22H24O3Si. The Morgan fingerprint density at radius 1 is 0.615 bits per heavy atom. The number of rotatable bonds is 8. The van der Waals surface area contributed by atoms with E-state index in [2.05, 4.69) is 13.8 Å². The fourth-order valence-electron chi connectivity index (χ4n) is 2.57. The second-order valence-electron chi connectivity index (χ2n) is 6.16. The lowest BCUT2D eigenvalue weighted by Crippen LogP contribution is -2.58. The van der Waals surface area contributed by atoms with Crippen LogP contribution in [0.2, 0.25) is 5.54 Å². The van der Waals surface area contributed by atoms with Gasteiger partial charge in [0.2, 0.25) is 0 Å². The first-order valence-corrected chi connectivity index (χ1v) is 10.7. The summed E-state index contributed by atoms with van der Waals surface area (Å²) in [5.74, 6) is 2.27. The molecule has 0 radical (unpaired) electrons. The number of para-hydroxylation sites is 3. The van der Waals surface area contributed by atoms with Gasteiger partial charge in [0.1, 0.15) is 17.2 Å². The molecule has 0 amide bonds. The van der Waals surface area contributed by atoms with Crippen molar-refractivity contribution in [1.82, 2.24) is 0 Å². The SMILES string of the molecule is CCC(C)[Si](Oc1ccccc1)(Oc1ccccc1)Oc1ccccc1. The highest BCUT2D eigenvalue weighted by atomic mass is 28.4. The Balaban J connectivity index is 2.00. The fraction of sp³-hybridized carbons (Fsp3) is 0.182. The maximum atomic E-state index is 6.46. The molecule has 134 valence electrons. The van der Waals surface area contributed by atoms with Crippen LogP contribution in [0.15, 0.2) is 91.0 Å². The molecule has 4 heteroatoms. The van der Waals surface area contributed by atoms with Crippen LogP contribution >= 0.6 is 0 Å². The van der Waals surface area contributed by atoms with Gasteiger partial charge < -0.3 is 13.3 Å². The minimum atomic E-state index is -3.12. The molecule has 0 fully saturated rings. The molecule has 0 bridgehead atoms. The van der Waals surface area contributed by atoms with Crippen molar-refractivity contribution >= 4 is 8.80 Å². The van der Waals surface area contributed by atoms with E-state index >= 15 is 0 Å². The van der Waals surface area contributed by atoms with E-state index in [1.165, 1.54) is 0 Å². The molecule has 0 aliphatic heterocycles. The topological polar surface area (TPSA) is 27.7 Å². The van der Waals surface area contributed by atoms with E-state index in [4.69, 9.17) is 13.3 Å². The van der Waals surface area contributed by atoms with Crippen molar-refractivity contribution in [2.24, 2.45) is 0 Å². The molecule has 0 saturated carbocycles.